The summed E-state index contributed by atoms with van der Waals surface area (Å²) in [5.74, 6) is 9.63. The molecule has 0 unspecified atom stereocenters. The lowest BCUT2D eigenvalue weighted by atomic mass is 9.46. The van der Waals surface area contributed by atoms with Gasteiger partial charge in [-0.25, -0.2) is 0 Å². The Morgan fingerprint density at radius 1 is 0.839 bits per heavy atom. The highest BCUT2D eigenvalue weighted by Crippen LogP contribution is 2.62. The normalized spacial score (nSPS) is 24.2. The van der Waals surface area contributed by atoms with Crippen molar-refractivity contribution in [3.63, 3.8) is 0 Å². The van der Waals surface area contributed by atoms with Crippen molar-refractivity contribution >= 4 is 24.0 Å². The van der Waals surface area contributed by atoms with Gasteiger partial charge >= 0.3 is 0 Å². The number of hydrogen-bond donors (Lipinski definition) is 0. The number of fused-ring (bicyclic) bond motifs is 3. The van der Waals surface area contributed by atoms with Gasteiger partial charge in [0.15, 0.2) is 0 Å². The van der Waals surface area contributed by atoms with Crippen molar-refractivity contribution in [2.24, 2.45) is 23.2 Å². The zero-order chi connectivity index (χ0) is 21.6. The molecule has 0 spiro atoms. The summed E-state index contributed by atoms with van der Waals surface area (Å²) in [6.45, 7) is 10.2. The molecule has 3 aromatic carbocycles. The van der Waals surface area contributed by atoms with Crippen LogP contribution in [0.5, 0.6) is 0 Å². The van der Waals surface area contributed by atoms with E-state index in [0.29, 0.717) is 5.41 Å². The van der Waals surface area contributed by atoms with E-state index in [-0.39, 0.29) is 0 Å². The van der Waals surface area contributed by atoms with E-state index in [2.05, 4.69) is 106 Å². The molecule has 0 N–H and O–H groups in total. The minimum absolute atomic E-state index is 0.593. The van der Waals surface area contributed by atoms with Gasteiger partial charge in [-0.3, -0.25) is 0 Å². The summed E-state index contributed by atoms with van der Waals surface area (Å²) >= 11 is 0. The molecule has 3 aliphatic rings. The SMILES string of the molecule is CC1(C)[C@H]2CC[C@H](C[Si](C)(C)c3ccc(C#Cc4ccc5ccccc5c4)cc3)[C@@H]1C2. The van der Waals surface area contributed by atoms with Gasteiger partial charge in [0.2, 0.25) is 0 Å². The van der Waals surface area contributed by atoms with Gasteiger partial charge in [-0.05, 0) is 71.0 Å². The molecule has 0 saturated heterocycles. The molecule has 3 fully saturated rings. The Morgan fingerprint density at radius 3 is 2.23 bits per heavy atom. The van der Waals surface area contributed by atoms with Crippen molar-refractivity contribution in [2.45, 2.75) is 52.2 Å². The van der Waals surface area contributed by atoms with Gasteiger partial charge in [0.1, 0.15) is 0 Å². The smallest absolute Gasteiger partial charge is 0.0654 e. The maximum absolute atomic E-state index is 3.38. The second-order valence-electron chi connectivity index (χ2n) is 11.2. The Kier molecular flexibility index (Phi) is 5.10. The van der Waals surface area contributed by atoms with Crippen LogP contribution in [0.15, 0.2) is 66.7 Å². The van der Waals surface area contributed by atoms with Crippen LogP contribution in [0.25, 0.3) is 10.8 Å². The fourth-order valence-corrected chi connectivity index (χ4v) is 9.50. The molecule has 2 bridgehead atoms. The molecule has 0 aliphatic heterocycles. The summed E-state index contributed by atoms with van der Waals surface area (Å²) in [6.07, 6.45) is 4.41. The van der Waals surface area contributed by atoms with Crippen LogP contribution in [-0.2, 0) is 0 Å². The summed E-state index contributed by atoms with van der Waals surface area (Å²) in [5, 5.41) is 4.10. The first kappa shape index (κ1) is 20.6. The third-order valence-corrected chi connectivity index (χ3v) is 12.0. The van der Waals surface area contributed by atoms with Crippen LogP contribution in [0.1, 0.15) is 44.2 Å². The van der Waals surface area contributed by atoms with Crippen LogP contribution in [0.2, 0.25) is 19.1 Å². The molecule has 0 aromatic heterocycles. The van der Waals surface area contributed by atoms with E-state index >= 15 is 0 Å². The molecule has 3 atom stereocenters. The maximum Gasteiger partial charge on any atom is 0.0809 e. The number of rotatable bonds is 3. The minimum Gasteiger partial charge on any atom is -0.0654 e. The molecule has 6 rings (SSSR count). The van der Waals surface area contributed by atoms with Crippen molar-refractivity contribution in [3.05, 3.63) is 77.9 Å². The predicted molar refractivity (Wildman–Crippen MR) is 136 cm³/mol. The summed E-state index contributed by atoms with van der Waals surface area (Å²) in [4.78, 5) is 0. The lowest BCUT2D eigenvalue weighted by molar-refractivity contribution is -0.0990. The van der Waals surface area contributed by atoms with Crippen LogP contribution >= 0.6 is 0 Å². The lowest BCUT2D eigenvalue weighted by Crippen LogP contribution is -2.55. The first-order valence-electron chi connectivity index (χ1n) is 11.9. The van der Waals surface area contributed by atoms with Gasteiger partial charge in [0, 0.05) is 11.1 Å². The van der Waals surface area contributed by atoms with Gasteiger partial charge in [-0.1, -0.05) is 98.9 Å². The van der Waals surface area contributed by atoms with Crippen LogP contribution in [-0.4, -0.2) is 8.07 Å². The highest BCUT2D eigenvalue weighted by atomic mass is 28.3. The fraction of sp³-hybridized carbons (Fsp3) is 0.400. The van der Waals surface area contributed by atoms with Crippen LogP contribution < -0.4 is 5.19 Å². The van der Waals surface area contributed by atoms with Crippen LogP contribution in [0.3, 0.4) is 0 Å². The van der Waals surface area contributed by atoms with Crippen molar-refractivity contribution < 1.29 is 0 Å². The van der Waals surface area contributed by atoms with Gasteiger partial charge in [0.25, 0.3) is 0 Å². The summed E-state index contributed by atoms with van der Waals surface area (Å²) in [7, 11) is -1.44. The van der Waals surface area contributed by atoms with E-state index in [1.165, 1.54) is 36.1 Å². The van der Waals surface area contributed by atoms with Crippen LogP contribution in [0.4, 0.5) is 0 Å². The molecular weight excluding hydrogens is 388 g/mol. The fourth-order valence-electron chi connectivity index (χ4n) is 6.40. The van der Waals surface area contributed by atoms with Gasteiger partial charge < -0.3 is 0 Å². The highest BCUT2D eigenvalue weighted by molar-refractivity contribution is 6.89. The molecule has 0 amide bonds. The number of hydrogen-bond acceptors (Lipinski definition) is 0. The molecule has 3 saturated carbocycles. The van der Waals surface area contributed by atoms with E-state index < -0.39 is 8.07 Å². The Bertz CT molecular complexity index is 1150. The Balaban J connectivity index is 1.30. The quantitative estimate of drug-likeness (QED) is 0.308. The van der Waals surface area contributed by atoms with Crippen molar-refractivity contribution in [1.29, 1.82) is 0 Å². The largest absolute Gasteiger partial charge is 0.0809 e. The zero-order valence-corrected chi connectivity index (χ0v) is 20.4. The molecule has 31 heavy (non-hydrogen) atoms. The molecular formula is C30H34Si. The standard InChI is InChI=1S/C30H34Si/c1-30(2)27-16-15-26(29(30)20-27)21-31(3,4)28-17-12-22(13-18-28)9-10-23-11-14-24-7-5-6-8-25(24)19-23/h5-8,11-14,17-19,26-27,29H,15-16,20-21H2,1-4H3/t26-,27+,29+/m1/s1. The van der Waals surface area contributed by atoms with Crippen molar-refractivity contribution in [2.75, 3.05) is 0 Å². The number of benzene rings is 3. The zero-order valence-electron chi connectivity index (χ0n) is 19.4. The molecule has 1 heteroatoms. The molecule has 0 nitrogen and oxygen atoms in total. The monoisotopic (exact) mass is 422 g/mol. The first-order valence-corrected chi connectivity index (χ1v) is 15.1. The first-order chi connectivity index (χ1) is 14.8. The van der Waals surface area contributed by atoms with Crippen LogP contribution in [0, 0.1) is 35.0 Å². The molecule has 158 valence electrons. The summed E-state index contributed by atoms with van der Waals surface area (Å²) in [5.41, 5.74) is 2.79. The van der Waals surface area contributed by atoms with Gasteiger partial charge in [0.05, 0.1) is 8.07 Å². The highest BCUT2D eigenvalue weighted by Gasteiger charge is 2.54. The van der Waals surface area contributed by atoms with E-state index in [1.807, 2.05) is 0 Å². The Labute approximate surface area is 189 Å². The van der Waals surface area contributed by atoms with E-state index in [0.717, 1.165) is 28.9 Å². The average Bonchev–Trinajstić information content (AvgIpc) is 2.77. The second-order valence-corrected chi connectivity index (χ2v) is 15.9. The minimum atomic E-state index is -1.44. The Hall–Kier alpha value is -2.30. The maximum atomic E-state index is 3.38. The molecule has 0 heterocycles. The molecule has 3 aliphatic carbocycles. The summed E-state index contributed by atoms with van der Waals surface area (Å²) in [6, 6.07) is 25.6. The Morgan fingerprint density at radius 2 is 1.52 bits per heavy atom. The van der Waals surface area contributed by atoms with E-state index in [4.69, 9.17) is 0 Å². The molecule has 0 radical (unpaired) electrons. The van der Waals surface area contributed by atoms with Gasteiger partial charge in [-0.2, -0.15) is 0 Å². The summed E-state index contributed by atoms with van der Waals surface area (Å²) < 4.78 is 0. The third kappa shape index (κ3) is 3.88. The van der Waals surface area contributed by atoms with E-state index in [9.17, 15) is 0 Å². The second kappa shape index (κ2) is 7.68. The van der Waals surface area contributed by atoms with Gasteiger partial charge in [-0.15, -0.1) is 0 Å². The topological polar surface area (TPSA) is 0 Å². The van der Waals surface area contributed by atoms with E-state index in [1.54, 1.807) is 5.19 Å². The molecule has 3 aromatic rings. The third-order valence-electron chi connectivity index (χ3n) is 8.54. The lowest BCUT2D eigenvalue weighted by Gasteiger charge is -2.61. The average molecular weight is 423 g/mol. The predicted octanol–water partition coefficient (Wildman–Crippen LogP) is 7.23. The van der Waals surface area contributed by atoms with Crippen molar-refractivity contribution in [1.82, 2.24) is 0 Å². The van der Waals surface area contributed by atoms with Crippen molar-refractivity contribution in [3.8, 4) is 11.8 Å².